The van der Waals surface area contributed by atoms with Gasteiger partial charge < -0.3 is 20.0 Å². The molecule has 0 rings (SSSR count). The summed E-state index contributed by atoms with van der Waals surface area (Å²) in [4.78, 5) is 16.2. The lowest BCUT2D eigenvalue weighted by molar-refractivity contribution is 0.255. The van der Waals surface area contributed by atoms with Crippen molar-refractivity contribution in [1.82, 2.24) is 0 Å². The van der Waals surface area contributed by atoms with Gasteiger partial charge in [-0.3, -0.25) is 5.41 Å². The van der Waals surface area contributed by atoms with Crippen LogP contribution in [0.3, 0.4) is 0 Å². The van der Waals surface area contributed by atoms with Crippen molar-refractivity contribution in [3.63, 3.8) is 0 Å². The van der Waals surface area contributed by atoms with Crippen molar-refractivity contribution >= 4 is 25.5 Å². The van der Waals surface area contributed by atoms with Crippen LogP contribution in [0.15, 0.2) is 0 Å². The molecule has 0 saturated carbocycles. The molecule has 5 N–H and O–H groups in total. The molecule has 0 amide bonds. The minimum absolute atomic E-state index is 0.224. The zero-order valence-corrected chi connectivity index (χ0v) is 10.3. The summed E-state index contributed by atoms with van der Waals surface area (Å²) in [6.45, 7) is 4.40. The fraction of sp³-hybridized carbons (Fsp3) is 0.857. The number of thioether (sulfide) groups is 1. The van der Waals surface area contributed by atoms with Gasteiger partial charge in [-0.15, -0.1) is 0 Å². The van der Waals surface area contributed by atoms with E-state index in [-0.39, 0.29) is 5.17 Å². The maximum atomic E-state index is 8.08. The van der Waals surface area contributed by atoms with Crippen LogP contribution in [0.5, 0.6) is 0 Å². The molecular formula is C7H19N2O3PS. The molecule has 0 heterocycles. The molecule has 14 heavy (non-hydrogen) atoms. The number of rotatable bonds is 5. The average molecular weight is 242 g/mol. The first-order valence-corrected chi connectivity index (χ1v) is 6.47. The van der Waals surface area contributed by atoms with Gasteiger partial charge in [0.05, 0.1) is 6.61 Å². The largest absolute Gasteiger partial charge is 0.379 e. The average Bonchev–Trinajstić information content (AvgIpc) is 2.12. The zero-order chi connectivity index (χ0) is 11.4. The van der Waals surface area contributed by atoms with Gasteiger partial charge in [-0.25, -0.2) is 0 Å². The van der Waals surface area contributed by atoms with Crippen molar-refractivity contribution < 1.29 is 14.3 Å². The van der Waals surface area contributed by atoms with Gasteiger partial charge >= 0.3 is 8.60 Å². The first kappa shape index (κ1) is 16.6. The number of hydrogen-bond acceptors (Lipinski definition) is 5. The Labute approximate surface area is 90.5 Å². The van der Waals surface area contributed by atoms with Crippen LogP contribution >= 0.6 is 20.4 Å². The van der Waals surface area contributed by atoms with E-state index in [1.54, 1.807) is 0 Å². The predicted molar refractivity (Wildman–Crippen MR) is 62.3 cm³/mol. The van der Waals surface area contributed by atoms with E-state index in [1.165, 1.54) is 11.8 Å². The Hall–Kier alpha value is 0.130. The SMILES string of the molecule is CCCOP(O)O.CCCSC(=N)N. The number of nitrogens with one attached hydrogen (secondary N) is 1. The highest BCUT2D eigenvalue weighted by Gasteiger charge is 1.93. The molecule has 0 aromatic heterocycles. The van der Waals surface area contributed by atoms with Gasteiger partial charge in [-0.05, 0) is 12.8 Å². The van der Waals surface area contributed by atoms with Gasteiger partial charge in [0.15, 0.2) is 5.17 Å². The maximum Gasteiger partial charge on any atom is 0.327 e. The van der Waals surface area contributed by atoms with Gasteiger partial charge in [0.1, 0.15) is 0 Å². The topological polar surface area (TPSA) is 99.6 Å². The van der Waals surface area contributed by atoms with Crippen LogP contribution in [0, 0.1) is 5.41 Å². The second kappa shape index (κ2) is 13.1. The fourth-order valence-electron chi connectivity index (χ4n) is 0.385. The Morgan fingerprint density at radius 3 is 2.14 bits per heavy atom. The highest BCUT2D eigenvalue weighted by atomic mass is 32.2. The van der Waals surface area contributed by atoms with E-state index in [4.69, 9.17) is 20.9 Å². The normalized spacial score (nSPS) is 9.50. The Morgan fingerprint density at radius 2 is 2.00 bits per heavy atom. The van der Waals surface area contributed by atoms with E-state index in [0.29, 0.717) is 6.61 Å². The van der Waals surface area contributed by atoms with Gasteiger partial charge in [0, 0.05) is 5.75 Å². The summed E-state index contributed by atoms with van der Waals surface area (Å²) < 4.78 is 4.37. The highest BCUT2D eigenvalue weighted by Crippen LogP contribution is 2.23. The molecule has 5 nitrogen and oxygen atoms in total. The summed E-state index contributed by atoms with van der Waals surface area (Å²) >= 11 is 1.39. The lowest BCUT2D eigenvalue weighted by atomic mass is 10.5. The second-order valence-corrected chi connectivity index (χ2v) is 4.20. The number of amidine groups is 1. The Bertz CT molecular complexity index is 138. The summed E-state index contributed by atoms with van der Waals surface area (Å²) in [5, 5.41) is 6.96. The highest BCUT2D eigenvalue weighted by molar-refractivity contribution is 8.13. The summed E-state index contributed by atoms with van der Waals surface area (Å²) in [6.07, 6.45) is 1.91. The van der Waals surface area contributed by atoms with Gasteiger partial charge in [0.25, 0.3) is 0 Å². The Balaban J connectivity index is 0. The summed E-state index contributed by atoms with van der Waals surface area (Å²) in [5.41, 5.74) is 5.02. The molecule has 86 valence electrons. The lowest BCUT2D eigenvalue weighted by Gasteiger charge is -1.98. The van der Waals surface area contributed by atoms with E-state index in [1.807, 2.05) is 6.92 Å². The third kappa shape index (κ3) is 22.7. The van der Waals surface area contributed by atoms with E-state index >= 15 is 0 Å². The quantitative estimate of drug-likeness (QED) is 0.334. The molecule has 0 unspecified atom stereocenters. The summed E-state index contributed by atoms with van der Waals surface area (Å²) in [6, 6.07) is 0. The first-order chi connectivity index (χ1) is 6.54. The molecule has 0 atom stereocenters. The fourth-order valence-corrected chi connectivity index (χ4v) is 1.15. The van der Waals surface area contributed by atoms with Crippen LogP contribution in [0.25, 0.3) is 0 Å². The molecule has 0 spiro atoms. The van der Waals surface area contributed by atoms with Crippen LogP contribution in [0.4, 0.5) is 0 Å². The van der Waals surface area contributed by atoms with Gasteiger partial charge in [-0.2, -0.15) is 0 Å². The number of hydrogen-bond donors (Lipinski definition) is 4. The van der Waals surface area contributed by atoms with Crippen molar-refractivity contribution in [2.45, 2.75) is 26.7 Å². The molecule has 0 saturated heterocycles. The molecule has 0 bridgehead atoms. The molecular weight excluding hydrogens is 223 g/mol. The Kier molecular flexibility index (Phi) is 15.5. The van der Waals surface area contributed by atoms with Crippen molar-refractivity contribution in [2.24, 2.45) is 5.73 Å². The first-order valence-electron chi connectivity index (χ1n) is 4.32. The van der Waals surface area contributed by atoms with Crippen LogP contribution < -0.4 is 5.73 Å². The molecule has 0 aromatic rings. The predicted octanol–water partition coefficient (Wildman–Crippen LogP) is 1.65. The monoisotopic (exact) mass is 242 g/mol. The van der Waals surface area contributed by atoms with E-state index in [9.17, 15) is 0 Å². The third-order valence-electron chi connectivity index (χ3n) is 0.873. The molecule has 0 aliphatic carbocycles. The number of nitrogens with two attached hydrogens (primary N) is 1. The van der Waals surface area contributed by atoms with E-state index in [2.05, 4.69) is 11.4 Å². The van der Waals surface area contributed by atoms with Crippen molar-refractivity contribution in [1.29, 1.82) is 5.41 Å². The second-order valence-electron chi connectivity index (χ2n) is 2.30. The zero-order valence-electron chi connectivity index (χ0n) is 8.56. The van der Waals surface area contributed by atoms with Crippen molar-refractivity contribution in [3.8, 4) is 0 Å². The molecule has 0 fully saturated rings. The van der Waals surface area contributed by atoms with Crippen molar-refractivity contribution in [2.75, 3.05) is 12.4 Å². The molecule has 7 heteroatoms. The minimum Gasteiger partial charge on any atom is -0.379 e. The van der Waals surface area contributed by atoms with Crippen LogP contribution in [-0.2, 0) is 4.52 Å². The smallest absolute Gasteiger partial charge is 0.327 e. The van der Waals surface area contributed by atoms with Crippen LogP contribution in [0.1, 0.15) is 26.7 Å². The standard InChI is InChI=1S/C4H10N2S.C3H9O3P/c1-2-3-7-4(5)6;1-2-3-6-7(4)5/h2-3H2,1H3,(H3,5,6);4-5H,2-3H2,1H3. The summed E-state index contributed by atoms with van der Waals surface area (Å²) in [5.74, 6) is 0.968. The molecule has 0 aliphatic rings. The third-order valence-corrected chi connectivity index (χ3v) is 2.21. The molecule has 0 aliphatic heterocycles. The molecule has 0 aromatic carbocycles. The van der Waals surface area contributed by atoms with Crippen LogP contribution in [-0.4, -0.2) is 27.3 Å². The minimum atomic E-state index is -2.11. The van der Waals surface area contributed by atoms with E-state index in [0.717, 1.165) is 18.6 Å². The lowest BCUT2D eigenvalue weighted by Crippen LogP contribution is -2.03. The van der Waals surface area contributed by atoms with Crippen LogP contribution in [0.2, 0.25) is 0 Å². The maximum absolute atomic E-state index is 8.08. The van der Waals surface area contributed by atoms with Gasteiger partial charge in [-0.1, -0.05) is 25.6 Å². The summed E-state index contributed by atoms with van der Waals surface area (Å²) in [7, 11) is -2.11. The van der Waals surface area contributed by atoms with E-state index < -0.39 is 8.60 Å². The molecule has 0 radical (unpaired) electrons. The van der Waals surface area contributed by atoms with Crippen molar-refractivity contribution in [3.05, 3.63) is 0 Å². The van der Waals surface area contributed by atoms with Gasteiger partial charge in [0.2, 0.25) is 0 Å². The Morgan fingerprint density at radius 1 is 1.43 bits per heavy atom.